The molecule has 1 aliphatic rings. The Morgan fingerprint density at radius 1 is 1.35 bits per heavy atom. The van der Waals surface area contributed by atoms with E-state index in [1.54, 1.807) is 7.05 Å². The van der Waals surface area contributed by atoms with Crippen LogP contribution in [0.4, 0.5) is 4.79 Å². The first kappa shape index (κ1) is 20.4. The first-order valence-electron chi connectivity index (χ1n) is 8.96. The summed E-state index contributed by atoms with van der Waals surface area (Å²) >= 11 is 5.91. The number of carbonyl (C=O) groups excluding carboxylic acids is 1. The molecule has 1 aromatic carbocycles. The molecule has 2 N–H and O–H groups in total. The molecule has 0 saturated carbocycles. The Labute approximate surface area is 161 Å². The first-order valence-corrected chi connectivity index (χ1v) is 9.34. The van der Waals surface area contributed by atoms with Gasteiger partial charge in [0.05, 0.1) is 6.04 Å². The van der Waals surface area contributed by atoms with Gasteiger partial charge in [0, 0.05) is 31.7 Å². The summed E-state index contributed by atoms with van der Waals surface area (Å²) in [4.78, 5) is 18.4. The highest BCUT2D eigenvalue weighted by molar-refractivity contribution is 6.30. The lowest BCUT2D eigenvalue weighted by atomic mass is 10.1. The number of aliphatic imine (C=N–C) groups is 1. The van der Waals surface area contributed by atoms with Crippen molar-refractivity contribution in [1.29, 1.82) is 0 Å². The summed E-state index contributed by atoms with van der Waals surface area (Å²) < 4.78 is 5.32. The predicted octanol–water partition coefficient (Wildman–Crippen LogP) is 3.06. The maximum atomic E-state index is 11.9. The fourth-order valence-electron chi connectivity index (χ4n) is 2.85. The highest BCUT2D eigenvalue weighted by Gasteiger charge is 2.27. The second-order valence-corrected chi connectivity index (χ2v) is 7.86. The Hall–Kier alpha value is -1.95. The summed E-state index contributed by atoms with van der Waals surface area (Å²) in [6.07, 6.45) is 1.40. The maximum absolute atomic E-state index is 11.9. The highest BCUT2D eigenvalue weighted by atomic mass is 35.5. The number of carbonyl (C=O) groups is 1. The Bertz CT molecular complexity index is 625. The van der Waals surface area contributed by atoms with Gasteiger partial charge in [0.1, 0.15) is 5.60 Å². The van der Waals surface area contributed by atoms with Crippen LogP contribution in [0.5, 0.6) is 0 Å². The van der Waals surface area contributed by atoms with Gasteiger partial charge in [0.15, 0.2) is 5.96 Å². The SMILES string of the molecule is CN=C(NCCc1ccc(Cl)cc1)N1CCC(NC(=O)OC(C)(C)C)C1. The summed E-state index contributed by atoms with van der Waals surface area (Å²) in [7, 11) is 1.78. The number of guanidine groups is 1. The van der Waals surface area contributed by atoms with Crippen LogP contribution in [0.25, 0.3) is 0 Å². The van der Waals surface area contributed by atoms with Gasteiger partial charge < -0.3 is 20.3 Å². The number of rotatable bonds is 4. The van der Waals surface area contributed by atoms with Gasteiger partial charge in [-0.05, 0) is 51.3 Å². The van der Waals surface area contributed by atoms with Crippen molar-refractivity contribution in [2.24, 2.45) is 4.99 Å². The van der Waals surface area contributed by atoms with Crippen LogP contribution in [0.15, 0.2) is 29.3 Å². The van der Waals surface area contributed by atoms with Crippen LogP contribution in [0.1, 0.15) is 32.8 Å². The van der Waals surface area contributed by atoms with Crippen LogP contribution in [0.3, 0.4) is 0 Å². The number of hydrogen-bond acceptors (Lipinski definition) is 3. The molecule has 1 aromatic rings. The van der Waals surface area contributed by atoms with E-state index in [0.29, 0.717) is 0 Å². The molecule has 0 aliphatic carbocycles. The number of likely N-dealkylation sites (tertiary alicyclic amines) is 1. The van der Waals surface area contributed by atoms with E-state index in [1.165, 1.54) is 5.56 Å². The van der Waals surface area contributed by atoms with Gasteiger partial charge in [-0.15, -0.1) is 0 Å². The number of halogens is 1. The Kier molecular flexibility index (Phi) is 7.14. The van der Waals surface area contributed by atoms with E-state index in [2.05, 4.69) is 20.5 Å². The summed E-state index contributed by atoms with van der Waals surface area (Å²) in [6, 6.07) is 7.94. The molecule has 2 rings (SSSR count). The van der Waals surface area contributed by atoms with Crippen molar-refractivity contribution in [3.8, 4) is 0 Å². The van der Waals surface area contributed by atoms with Gasteiger partial charge in [-0.1, -0.05) is 23.7 Å². The number of nitrogens with zero attached hydrogens (tertiary/aromatic N) is 2. The molecule has 1 heterocycles. The third-order valence-electron chi connectivity index (χ3n) is 4.03. The minimum absolute atomic E-state index is 0.0691. The van der Waals surface area contributed by atoms with Crippen molar-refractivity contribution in [2.75, 3.05) is 26.7 Å². The van der Waals surface area contributed by atoms with E-state index in [4.69, 9.17) is 16.3 Å². The summed E-state index contributed by atoms with van der Waals surface area (Å²) in [5, 5.41) is 7.07. The van der Waals surface area contributed by atoms with E-state index in [1.807, 2.05) is 45.0 Å². The lowest BCUT2D eigenvalue weighted by Gasteiger charge is -2.23. The smallest absolute Gasteiger partial charge is 0.407 e. The molecule has 26 heavy (non-hydrogen) atoms. The molecule has 1 unspecified atom stereocenters. The molecule has 1 saturated heterocycles. The van der Waals surface area contributed by atoms with Gasteiger partial charge in [-0.3, -0.25) is 4.99 Å². The summed E-state index contributed by atoms with van der Waals surface area (Å²) in [6.45, 7) is 7.94. The summed E-state index contributed by atoms with van der Waals surface area (Å²) in [5.41, 5.74) is 0.741. The van der Waals surface area contributed by atoms with Crippen LogP contribution in [0, 0.1) is 0 Å². The molecular formula is C19H29ClN4O2. The molecule has 7 heteroatoms. The Morgan fingerprint density at radius 3 is 2.65 bits per heavy atom. The minimum atomic E-state index is -0.484. The molecule has 0 spiro atoms. The summed E-state index contributed by atoms with van der Waals surface area (Å²) in [5.74, 6) is 0.854. The monoisotopic (exact) mass is 380 g/mol. The number of amides is 1. The molecule has 1 amide bonds. The largest absolute Gasteiger partial charge is 0.444 e. The molecule has 0 bridgehead atoms. The lowest BCUT2D eigenvalue weighted by Crippen LogP contribution is -2.44. The van der Waals surface area contributed by atoms with E-state index < -0.39 is 5.60 Å². The Balaban J connectivity index is 1.76. The number of nitrogens with one attached hydrogen (secondary N) is 2. The Morgan fingerprint density at radius 2 is 2.04 bits per heavy atom. The zero-order chi connectivity index (χ0) is 19.2. The van der Waals surface area contributed by atoms with E-state index in [-0.39, 0.29) is 12.1 Å². The first-order chi connectivity index (χ1) is 12.3. The molecule has 1 atom stereocenters. The quantitative estimate of drug-likeness (QED) is 0.622. The van der Waals surface area contributed by atoms with Crippen LogP contribution in [-0.4, -0.2) is 55.3 Å². The van der Waals surface area contributed by atoms with E-state index in [9.17, 15) is 4.79 Å². The highest BCUT2D eigenvalue weighted by Crippen LogP contribution is 2.12. The topological polar surface area (TPSA) is 66.0 Å². The lowest BCUT2D eigenvalue weighted by molar-refractivity contribution is 0.0507. The van der Waals surface area contributed by atoms with Crippen LogP contribution in [-0.2, 0) is 11.2 Å². The number of ether oxygens (including phenoxy) is 1. The average molecular weight is 381 g/mol. The minimum Gasteiger partial charge on any atom is -0.444 e. The van der Waals surface area contributed by atoms with E-state index >= 15 is 0 Å². The van der Waals surface area contributed by atoms with Gasteiger partial charge in [0.2, 0.25) is 0 Å². The zero-order valence-electron chi connectivity index (χ0n) is 16.0. The molecule has 0 radical (unpaired) electrons. The standard InChI is InChI=1S/C19H29ClN4O2/c1-19(2,3)26-18(25)23-16-10-12-24(13-16)17(21-4)22-11-9-14-5-7-15(20)8-6-14/h5-8,16H,9-13H2,1-4H3,(H,21,22)(H,23,25). The number of alkyl carbamates (subject to hydrolysis) is 1. The third kappa shape index (κ3) is 6.75. The number of benzene rings is 1. The fraction of sp³-hybridized carbons (Fsp3) is 0.579. The van der Waals surface area contributed by atoms with Crippen molar-refractivity contribution >= 4 is 23.7 Å². The normalized spacial score (nSPS) is 18.0. The van der Waals surface area contributed by atoms with Gasteiger partial charge in [-0.25, -0.2) is 4.79 Å². The van der Waals surface area contributed by atoms with Crippen molar-refractivity contribution in [3.63, 3.8) is 0 Å². The van der Waals surface area contributed by atoms with E-state index in [0.717, 1.165) is 43.5 Å². The number of hydrogen-bond donors (Lipinski definition) is 2. The molecule has 1 aliphatic heterocycles. The molecule has 0 aromatic heterocycles. The van der Waals surface area contributed by atoms with Crippen molar-refractivity contribution in [3.05, 3.63) is 34.9 Å². The van der Waals surface area contributed by atoms with Crippen LogP contribution < -0.4 is 10.6 Å². The van der Waals surface area contributed by atoms with Gasteiger partial charge in [-0.2, -0.15) is 0 Å². The molecule has 6 nitrogen and oxygen atoms in total. The molecule has 1 fully saturated rings. The third-order valence-corrected chi connectivity index (χ3v) is 4.28. The zero-order valence-corrected chi connectivity index (χ0v) is 16.8. The van der Waals surface area contributed by atoms with Gasteiger partial charge in [0.25, 0.3) is 0 Å². The van der Waals surface area contributed by atoms with Crippen molar-refractivity contribution < 1.29 is 9.53 Å². The second kappa shape index (κ2) is 9.12. The molecule has 144 valence electrons. The predicted molar refractivity (Wildman–Crippen MR) is 106 cm³/mol. The maximum Gasteiger partial charge on any atom is 0.407 e. The van der Waals surface area contributed by atoms with Crippen molar-refractivity contribution in [1.82, 2.24) is 15.5 Å². The van der Waals surface area contributed by atoms with Crippen LogP contribution in [0.2, 0.25) is 5.02 Å². The van der Waals surface area contributed by atoms with Gasteiger partial charge >= 0.3 is 6.09 Å². The second-order valence-electron chi connectivity index (χ2n) is 7.43. The van der Waals surface area contributed by atoms with Crippen molar-refractivity contribution in [2.45, 2.75) is 45.3 Å². The molecular weight excluding hydrogens is 352 g/mol. The fourth-order valence-corrected chi connectivity index (χ4v) is 2.97. The van der Waals surface area contributed by atoms with Crippen LogP contribution >= 0.6 is 11.6 Å². The average Bonchev–Trinajstić information content (AvgIpc) is 2.99.